The molecule has 0 saturated carbocycles. The zero-order valence-corrected chi connectivity index (χ0v) is 6.47. The summed E-state index contributed by atoms with van der Waals surface area (Å²) in [5, 5.41) is 0. The number of carbonyl (C=O) groups is 1. The highest BCUT2D eigenvalue weighted by Crippen LogP contribution is 2.20. The van der Waals surface area contributed by atoms with Crippen molar-refractivity contribution in [3.05, 3.63) is 0 Å². The van der Waals surface area contributed by atoms with E-state index in [1.165, 1.54) is 0 Å². The van der Waals surface area contributed by atoms with Crippen molar-refractivity contribution in [2.24, 2.45) is 5.73 Å². The van der Waals surface area contributed by atoms with E-state index in [1.807, 2.05) is 0 Å². The highest BCUT2D eigenvalue weighted by Gasteiger charge is 2.27. The van der Waals surface area contributed by atoms with Crippen molar-refractivity contribution < 1.29 is 18.0 Å². The molecule has 0 radical (unpaired) electrons. The smallest absolute Gasteiger partial charge is 0.324 e. The van der Waals surface area contributed by atoms with E-state index in [0.717, 1.165) is 0 Å². The van der Waals surface area contributed by atoms with Crippen molar-refractivity contribution in [3.8, 4) is 0 Å². The zero-order valence-electron chi connectivity index (χ0n) is 5.65. The van der Waals surface area contributed by atoms with Crippen LogP contribution in [0.15, 0.2) is 0 Å². The third kappa shape index (κ3) is 9.71. The Morgan fingerprint density at radius 2 is 1.82 bits per heavy atom. The molecule has 0 amide bonds. The minimum Gasteiger partial charge on any atom is -0.324 e. The SMILES string of the molecule is Cl.NCC(=O)CCC(F)(F)F. The summed E-state index contributed by atoms with van der Waals surface area (Å²) in [7, 11) is 0. The maximum absolute atomic E-state index is 11.4. The monoisotopic (exact) mass is 191 g/mol. The molecule has 68 valence electrons. The number of alkyl halides is 3. The predicted octanol–water partition coefficient (Wildman–Crippen LogP) is 1.28. The van der Waals surface area contributed by atoms with Crippen LogP contribution < -0.4 is 5.73 Å². The van der Waals surface area contributed by atoms with Crippen LogP contribution in [-0.2, 0) is 4.79 Å². The van der Waals surface area contributed by atoms with Gasteiger partial charge in [0.05, 0.1) is 13.0 Å². The van der Waals surface area contributed by atoms with Crippen LogP contribution in [0.25, 0.3) is 0 Å². The Labute approximate surface area is 68.4 Å². The van der Waals surface area contributed by atoms with Crippen LogP contribution in [0.2, 0.25) is 0 Å². The van der Waals surface area contributed by atoms with E-state index < -0.39 is 24.8 Å². The number of hydrogen-bond donors (Lipinski definition) is 1. The van der Waals surface area contributed by atoms with Crippen molar-refractivity contribution in [2.45, 2.75) is 19.0 Å². The van der Waals surface area contributed by atoms with Crippen molar-refractivity contribution in [3.63, 3.8) is 0 Å². The molecule has 0 unspecified atom stereocenters. The fourth-order valence-corrected chi connectivity index (χ4v) is 0.383. The number of halogens is 4. The standard InChI is InChI=1S/C5H8F3NO.ClH/c6-5(7,8)2-1-4(10)3-9;/h1-3,9H2;1H. The van der Waals surface area contributed by atoms with Crippen LogP contribution >= 0.6 is 12.4 Å². The Morgan fingerprint density at radius 1 is 1.36 bits per heavy atom. The van der Waals surface area contributed by atoms with Crippen LogP contribution in [0.3, 0.4) is 0 Å². The lowest BCUT2D eigenvalue weighted by molar-refractivity contribution is -0.142. The van der Waals surface area contributed by atoms with Gasteiger partial charge in [0.25, 0.3) is 0 Å². The van der Waals surface area contributed by atoms with Gasteiger partial charge in [-0.2, -0.15) is 13.2 Å². The number of nitrogens with two attached hydrogens (primary N) is 1. The summed E-state index contributed by atoms with van der Waals surface area (Å²) in [5.41, 5.74) is 4.78. The molecule has 6 heteroatoms. The molecule has 0 bridgehead atoms. The van der Waals surface area contributed by atoms with Crippen LogP contribution in [0.1, 0.15) is 12.8 Å². The average Bonchev–Trinajstić information content (AvgIpc) is 1.81. The molecule has 0 fully saturated rings. The first-order valence-electron chi connectivity index (χ1n) is 2.74. The molecule has 0 aliphatic heterocycles. The maximum Gasteiger partial charge on any atom is 0.389 e. The van der Waals surface area contributed by atoms with Gasteiger partial charge in [-0.3, -0.25) is 4.79 Å². The third-order valence-corrected chi connectivity index (χ3v) is 0.915. The molecule has 0 heterocycles. The molecule has 0 aliphatic rings. The van der Waals surface area contributed by atoms with Gasteiger partial charge in [0.15, 0.2) is 0 Å². The average molecular weight is 192 g/mol. The van der Waals surface area contributed by atoms with Gasteiger partial charge in [-0.25, -0.2) is 0 Å². The van der Waals surface area contributed by atoms with Crippen molar-refractivity contribution >= 4 is 18.2 Å². The minimum atomic E-state index is -4.25. The Bertz CT molecular complexity index is 125. The zero-order chi connectivity index (χ0) is 8.20. The summed E-state index contributed by atoms with van der Waals surface area (Å²) in [6.07, 6.45) is -5.81. The van der Waals surface area contributed by atoms with E-state index in [9.17, 15) is 18.0 Å². The molecule has 0 spiro atoms. The largest absolute Gasteiger partial charge is 0.389 e. The Morgan fingerprint density at radius 3 is 2.09 bits per heavy atom. The van der Waals surface area contributed by atoms with Gasteiger partial charge in [-0.1, -0.05) is 0 Å². The van der Waals surface area contributed by atoms with Crippen LogP contribution in [0, 0.1) is 0 Å². The molecule has 2 nitrogen and oxygen atoms in total. The quantitative estimate of drug-likeness (QED) is 0.730. The molecule has 0 aliphatic carbocycles. The van der Waals surface area contributed by atoms with E-state index in [1.54, 1.807) is 0 Å². The van der Waals surface area contributed by atoms with Gasteiger partial charge in [0, 0.05) is 6.42 Å². The molecule has 0 aromatic heterocycles. The number of Topliss-reactive ketones (excluding diaryl/α,β-unsaturated/α-hetero) is 1. The van der Waals surface area contributed by atoms with Gasteiger partial charge >= 0.3 is 6.18 Å². The Balaban J connectivity index is 0. The molecule has 11 heavy (non-hydrogen) atoms. The predicted molar refractivity (Wildman–Crippen MR) is 36.6 cm³/mol. The number of ketones is 1. The van der Waals surface area contributed by atoms with E-state index in [-0.39, 0.29) is 19.0 Å². The fourth-order valence-electron chi connectivity index (χ4n) is 0.383. The maximum atomic E-state index is 11.4. The second kappa shape index (κ2) is 5.37. The highest BCUT2D eigenvalue weighted by molar-refractivity contribution is 5.85. The topological polar surface area (TPSA) is 43.1 Å². The molecule has 0 atom stereocenters. The summed E-state index contributed by atoms with van der Waals surface area (Å²) < 4.78 is 34.1. The summed E-state index contributed by atoms with van der Waals surface area (Å²) in [4.78, 5) is 10.2. The van der Waals surface area contributed by atoms with Crippen LogP contribution in [-0.4, -0.2) is 18.5 Å². The lowest BCUT2D eigenvalue weighted by atomic mass is 10.2. The van der Waals surface area contributed by atoms with Gasteiger partial charge < -0.3 is 5.73 Å². The molecule has 0 saturated heterocycles. The van der Waals surface area contributed by atoms with Crippen LogP contribution in [0.4, 0.5) is 13.2 Å². The van der Waals surface area contributed by atoms with Crippen LogP contribution in [0.5, 0.6) is 0 Å². The Kier molecular flexibility index (Phi) is 6.50. The summed E-state index contributed by atoms with van der Waals surface area (Å²) in [6, 6.07) is 0. The Hall–Kier alpha value is -0.290. The molecular formula is C5H9ClF3NO. The normalized spacial score (nSPS) is 10.5. The summed E-state index contributed by atoms with van der Waals surface area (Å²) >= 11 is 0. The lowest BCUT2D eigenvalue weighted by Gasteiger charge is -2.02. The van der Waals surface area contributed by atoms with E-state index in [0.29, 0.717) is 0 Å². The number of rotatable bonds is 3. The molecule has 0 aromatic carbocycles. The second-order valence-corrected chi connectivity index (χ2v) is 1.86. The summed E-state index contributed by atoms with van der Waals surface area (Å²) in [5.74, 6) is -0.558. The lowest BCUT2D eigenvalue weighted by Crippen LogP contribution is -2.17. The first-order chi connectivity index (χ1) is 4.45. The van der Waals surface area contributed by atoms with E-state index >= 15 is 0 Å². The van der Waals surface area contributed by atoms with Crippen molar-refractivity contribution in [1.82, 2.24) is 0 Å². The van der Waals surface area contributed by atoms with Crippen molar-refractivity contribution in [2.75, 3.05) is 6.54 Å². The third-order valence-electron chi connectivity index (χ3n) is 0.915. The number of carbonyl (C=O) groups excluding carboxylic acids is 1. The van der Waals surface area contributed by atoms with Gasteiger partial charge in [-0.05, 0) is 0 Å². The first-order valence-corrected chi connectivity index (χ1v) is 2.74. The molecular weight excluding hydrogens is 183 g/mol. The summed E-state index contributed by atoms with van der Waals surface area (Å²) in [6.45, 7) is -0.309. The van der Waals surface area contributed by atoms with E-state index in [2.05, 4.69) is 0 Å². The minimum absolute atomic E-state index is 0. The molecule has 0 aromatic rings. The van der Waals surface area contributed by atoms with Crippen molar-refractivity contribution in [1.29, 1.82) is 0 Å². The van der Waals surface area contributed by atoms with Gasteiger partial charge in [0.1, 0.15) is 5.78 Å². The second-order valence-electron chi connectivity index (χ2n) is 1.86. The molecule has 0 rings (SSSR count). The van der Waals surface area contributed by atoms with Gasteiger partial charge in [-0.15, -0.1) is 12.4 Å². The fraction of sp³-hybridized carbons (Fsp3) is 0.800. The number of hydrogen-bond acceptors (Lipinski definition) is 2. The van der Waals surface area contributed by atoms with Gasteiger partial charge in [0.2, 0.25) is 0 Å². The molecule has 2 N–H and O–H groups in total. The van der Waals surface area contributed by atoms with E-state index in [4.69, 9.17) is 5.73 Å². The highest BCUT2D eigenvalue weighted by atomic mass is 35.5. The first kappa shape index (κ1) is 13.3.